The summed E-state index contributed by atoms with van der Waals surface area (Å²) in [6.07, 6.45) is 1.62. The van der Waals surface area contributed by atoms with Crippen LogP contribution in [0.25, 0.3) is 16.9 Å². The van der Waals surface area contributed by atoms with Gasteiger partial charge in [0.15, 0.2) is 5.82 Å². The molecule has 1 aliphatic heterocycles. The number of cyclic esters (lactones) is 1. The summed E-state index contributed by atoms with van der Waals surface area (Å²) in [6.45, 7) is 0.944. The van der Waals surface area contributed by atoms with E-state index in [2.05, 4.69) is 4.98 Å². The van der Waals surface area contributed by atoms with Gasteiger partial charge in [-0.05, 0) is 12.1 Å². The Hall–Kier alpha value is -2.82. The molecule has 5 nitrogen and oxygen atoms in total. The standard InChI is InChI=1S/C16H13N3O2/c20-16-19(10-11-21-16)15-13-8-4-5-9-18(13)14(17-15)12-6-2-1-3-7-12/h1-9H,10-11H2. The van der Waals surface area contributed by atoms with E-state index in [0.29, 0.717) is 19.0 Å². The van der Waals surface area contributed by atoms with Gasteiger partial charge in [0.25, 0.3) is 0 Å². The Kier molecular flexibility index (Phi) is 2.64. The maximum atomic E-state index is 11.8. The van der Waals surface area contributed by atoms with Gasteiger partial charge in [0.05, 0.1) is 12.1 Å². The van der Waals surface area contributed by atoms with E-state index in [1.807, 2.05) is 59.1 Å². The predicted molar refractivity (Wildman–Crippen MR) is 79.3 cm³/mol. The van der Waals surface area contributed by atoms with E-state index in [4.69, 9.17) is 4.74 Å². The lowest BCUT2D eigenvalue weighted by Crippen LogP contribution is -2.23. The van der Waals surface area contributed by atoms with Gasteiger partial charge >= 0.3 is 6.09 Å². The highest BCUT2D eigenvalue weighted by Crippen LogP contribution is 2.29. The molecule has 1 amide bonds. The number of aromatic nitrogens is 2. The van der Waals surface area contributed by atoms with Crippen molar-refractivity contribution >= 4 is 17.4 Å². The maximum Gasteiger partial charge on any atom is 0.415 e. The van der Waals surface area contributed by atoms with Crippen molar-refractivity contribution in [1.29, 1.82) is 0 Å². The summed E-state index contributed by atoms with van der Waals surface area (Å²) >= 11 is 0. The number of imidazole rings is 1. The molecule has 0 aliphatic carbocycles. The van der Waals surface area contributed by atoms with Gasteiger partial charge in [0, 0.05) is 11.8 Å². The van der Waals surface area contributed by atoms with Crippen molar-refractivity contribution in [3.05, 3.63) is 54.7 Å². The molecule has 1 aliphatic rings. The van der Waals surface area contributed by atoms with Crippen LogP contribution in [0.5, 0.6) is 0 Å². The van der Waals surface area contributed by atoms with Crippen molar-refractivity contribution in [3.8, 4) is 11.4 Å². The molecular weight excluding hydrogens is 266 g/mol. The molecule has 4 rings (SSSR count). The van der Waals surface area contributed by atoms with Crippen molar-refractivity contribution in [3.63, 3.8) is 0 Å². The minimum atomic E-state index is -0.335. The van der Waals surface area contributed by atoms with Gasteiger partial charge in [0.1, 0.15) is 12.4 Å². The molecule has 0 bridgehead atoms. The van der Waals surface area contributed by atoms with Gasteiger partial charge in [-0.25, -0.2) is 9.78 Å². The smallest absolute Gasteiger partial charge is 0.415 e. The molecule has 104 valence electrons. The quantitative estimate of drug-likeness (QED) is 0.724. The first-order valence-electron chi connectivity index (χ1n) is 6.81. The fourth-order valence-electron chi connectivity index (χ4n) is 2.60. The van der Waals surface area contributed by atoms with Crippen molar-refractivity contribution in [2.75, 3.05) is 18.1 Å². The molecule has 21 heavy (non-hydrogen) atoms. The summed E-state index contributed by atoms with van der Waals surface area (Å²) in [5.74, 6) is 1.47. The van der Waals surface area contributed by atoms with E-state index in [1.54, 1.807) is 4.90 Å². The molecule has 0 N–H and O–H groups in total. The molecule has 3 heterocycles. The molecule has 0 unspecified atom stereocenters. The SMILES string of the molecule is O=C1OCCN1c1nc(-c2ccccc2)n2ccccc12. The van der Waals surface area contributed by atoms with Gasteiger partial charge in [0.2, 0.25) is 0 Å². The lowest BCUT2D eigenvalue weighted by Gasteiger charge is -2.08. The number of benzene rings is 1. The third kappa shape index (κ3) is 1.86. The normalized spacial score (nSPS) is 14.7. The highest BCUT2D eigenvalue weighted by molar-refractivity contribution is 5.94. The molecule has 0 saturated carbocycles. The summed E-state index contributed by atoms with van der Waals surface area (Å²) in [4.78, 5) is 18.1. The predicted octanol–water partition coefficient (Wildman–Crippen LogP) is 2.96. The van der Waals surface area contributed by atoms with Gasteiger partial charge in [-0.2, -0.15) is 0 Å². The van der Waals surface area contributed by atoms with E-state index in [0.717, 1.165) is 16.9 Å². The van der Waals surface area contributed by atoms with Crippen LogP contribution in [-0.2, 0) is 4.74 Å². The van der Waals surface area contributed by atoms with Crippen LogP contribution in [0.2, 0.25) is 0 Å². The summed E-state index contributed by atoms with van der Waals surface area (Å²) in [6, 6.07) is 15.8. The van der Waals surface area contributed by atoms with Gasteiger partial charge in [-0.15, -0.1) is 0 Å². The van der Waals surface area contributed by atoms with Crippen LogP contribution in [0.4, 0.5) is 10.6 Å². The Labute approximate surface area is 121 Å². The summed E-state index contributed by atoms with van der Waals surface area (Å²) in [7, 11) is 0. The molecular formula is C16H13N3O2. The number of ether oxygens (including phenoxy) is 1. The highest BCUT2D eigenvalue weighted by Gasteiger charge is 2.28. The lowest BCUT2D eigenvalue weighted by molar-refractivity contribution is 0.181. The Bertz CT molecular complexity index is 811. The zero-order valence-corrected chi connectivity index (χ0v) is 11.3. The summed E-state index contributed by atoms with van der Waals surface area (Å²) in [5.41, 5.74) is 1.91. The number of rotatable bonds is 2. The average molecular weight is 279 g/mol. The first-order chi connectivity index (χ1) is 10.3. The molecule has 5 heteroatoms. The van der Waals surface area contributed by atoms with E-state index in [9.17, 15) is 4.79 Å². The van der Waals surface area contributed by atoms with E-state index >= 15 is 0 Å². The number of hydrogen-bond acceptors (Lipinski definition) is 3. The number of anilines is 1. The van der Waals surface area contributed by atoms with Gasteiger partial charge in [-0.1, -0.05) is 36.4 Å². The Morgan fingerprint density at radius 1 is 1.05 bits per heavy atom. The minimum Gasteiger partial charge on any atom is -0.447 e. The zero-order valence-electron chi connectivity index (χ0n) is 11.3. The Balaban J connectivity index is 1.95. The van der Waals surface area contributed by atoms with E-state index in [-0.39, 0.29) is 6.09 Å². The fourth-order valence-corrected chi connectivity index (χ4v) is 2.60. The second-order valence-electron chi connectivity index (χ2n) is 4.85. The molecule has 2 aromatic heterocycles. The second kappa shape index (κ2) is 4.63. The molecule has 0 radical (unpaired) electrons. The van der Waals surface area contributed by atoms with Crippen LogP contribution in [0.3, 0.4) is 0 Å². The number of pyridine rings is 1. The number of fused-ring (bicyclic) bond motifs is 1. The van der Waals surface area contributed by atoms with Gasteiger partial charge < -0.3 is 4.74 Å². The Morgan fingerprint density at radius 3 is 2.62 bits per heavy atom. The van der Waals surface area contributed by atoms with Crippen LogP contribution in [0, 0.1) is 0 Å². The lowest BCUT2D eigenvalue weighted by atomic mass is 10.2. The van der Waals surface area contributed by atoms with Crippen LogP contribution in [-0.4, -0.2) is 28.6 Å². The van der Waals surface area contributed by atoms with Crippen LogP contribution >= 0.6 is 0 Å². The number of hydrogen-bond donors (Lipinski definition) is 0. The largest absolute Gasteiger partial charge is 0.447 e. The van der Waals surface area contributed by atoms with E-state index < -0.39 is 0 Å². The molecule has 0 atom stereocenters. The molecule has 0 spiro atoms. The monoisotopic (exact) mass is 279 g/mol. The number of carbonyl (C=O) groups is 1. The van der Waals surface area contributed by atoms with E-state index in [1.165, 1.54) is 0 Å². The molecule has 1 aromatic carbocycles. The molecule has 3 aromatic rings. The van der Waals surface area contributed by atoms with Crippen LogP contribution < -0.4 is 4.90 Å². The van der Waals surface area contributed by atoms with Crippen LogP contribution in [0.15, 0.2) is 54.7 Å². The summed E-state index contributed by atoms with van der Waals surface area (Å²) in [5, 5.41) is 0. The second-order valence-corrected chi connectivity index (χ2v) is 4.85. The third-order valence-corrected chi connectivity index (χ3v) is 3.58. The third-order valence-electron chi connectivity index (χ3n) is 3.58. The maximum absolute atomic E-state index is 11.8. The van der Waals surface area contributed by atoms with Crippen molar-refractivity contribution < 1.29 is 9.53 Å². The average Bonchev–Trinajstić information content (AvgIpc) is 3.11. The fraction of sp³-hybridized carbons (Fsp3) is 0.125. The molecule has 1 fully saturated rings. The molecule has 1 saturated heterocycles. The van der Waals surface area contributed by atoms with Gasteiger partial charge in [-0.3, -0.25) is 9.30 Å². The number of nitrogens with zero attached hydrogens (tertiary/aromatic N) is 3. The van der Waals surface area contributed by atoms with Crippen molar-refractivity contribution in [2.24, 2.45) is 0 Å². The Morgan fingerprint density at radius 2 is 1.86 bits per heavy atom. The van der Waals surface area contributed by atoms with Crippen molar-refractivity contribution in [1.82, 2.24) is 9.38 Å². The number of carbonyl (C=O) groups excluding carboxylic acids is 1. The first kappa shape index (κ1) is 12.0. The minimum absolute atomic E-state index is 0.335. The zero-order chi connectivity index (χ0) is 14.2. The number of amides is 1. The summed E-state index contributed by atoms with van der Waals surface area (Å²) < 4.78 is 7.02. The topological polar surface area (TPSA) is 46.8 Å². The van der Waals surface area contributed by atoms with Crippen molar-refractivity contribution in [2.45, 2.75) is 0 Å². The highest BCUT2D eigenvalue weighted by atomic mass is 16.6. The van der Waals surface area contributed by atoms with Crippen LogP contribution in [0.1, 0.15) is 0 Å². The first-order valence-corrected chi connectivity index (χ1v) is 6.81.